The fourth-order valence-corrected chi connectivity index (χ4v) is 1.35. The van der Waals surface area contributed by atoms with Crippen LogP contribution in [0, 0.1) is 22.7 Å². The first-order chi connectivity index (χ1) is 9.77. The van der Waals surface area contributed by atoms with Crippen molar-refractivity contribution in [2.45, 2.75) is 13.1 Å². The molecule has 108 valence electrons. The zero-order valence-corrected chi connectivity index (χ0v) is 10.6. The molecule has 21 heavy (non-hydrogen) atoms. The minimum atomic E-state index is -4.70. The molecule has 1 aromatic rings. The summed E-state index contributed by atoms with van der Waals surface area (Å²) in [6.45, 7) is 1.16. The molecule has 0 saturated heterocycles. The monoisotopic (exact) mass is 295 g/mol. The molecule has 0 bridgehead atoms. The SMILES string of the molecule is CC(=O)Nc1ccc(NN=C(C#N)C#N)c(C(F)(F)F)c1. The van der Waals surface area contributed by atoms with Crippen LogP contribution in [0.4, 0.5) is 24.5 Å². The van der Waals surface area contributed by atoms with Crippen LogP contribution in [-0.2, 0) is 11.0 Å². The molecule has 0 spiro atoms. The lowest BCUT2D eigenvalue weighted by Crippen LogP contribution is -2.12. The highest BCUT2D eigenvalue weighted by molar-refractivity contribution is 6.10. The lowest BCUT2D eigenvalue weighted by molar-refractivity contribution is -0.137. The van der Waals surface area contributed by atoms with Crippen molar-refractivity contribution in [1.29, 1.82) is 10.5 Å². The Morgan fingerprint density at radius 2 is 1.90 bits per heavy atom. The van der Waals surface area contributed by atoms with Crippen LogP contribution in [0.3, 0.4) is 0 Å². The van der Waals surface area contributed by atoms with Crippen molar-refractivity contribution >= 4 is 23.0 Å². The van der Waals surface area contributed by atoms with Crippen molar-refractivity contribution in [2.75, 3.05) is 10.7 Å². The van der Waals surface area contributed by atoms with Crippen molar-refractivity contribution in [2.24, 2.45) is 5.10 Å². The highest BCUT2D eigenvalue weighted by atomic mass is 19.4. The van der Waals surface area contributed by atoms with Crippen LogP contribution in [0.15, 0.2) is 23.3 Å². The smallest absolute Gasteiger partial charge is 0.326 e. The van der Waals surface area contributed by atoms with E-state index in [1.165, 1.54) is 18.2 Å². The predicted molar refractivity (Wildman–Crippen MR) is 68.0 cm³/mol. The van der Waals surface area contributed by atoms with Crippen molar-refractivity contribution in [1.82, 2.24) is 0 Å². The molecule has 0 aliphatic rings. The molecule has 6 nitrogen and oxygen atoms in total. The van der Waals surface area contributed by atoms with Gasteiger partial charge < -0.3 is 5.32 Å². The average molecular weight is 295 g/mol. The molecule has 1 amide bonds. The van der Waals surface area contributed by atoms with E-state index in [2.05, 4.69) is 10.4 Å². The molecule has 0 unspecified atom stereocenters. The summed E-state index contributed by atoms with van der Waals surface area (Å²) in [7, 11) is 0. The highest BCUT2D eigenvalue weighted by Gasteiger charge is 2.34. The number of rotatable bonds is 3. The zero-order valence-electron chi connectivity index (χ0n) is 10.6. The summed E-state index contributed by atoms with van der Waals surface area (Å²) in [5, 5.41) is 22.4. The second-order valence-corrected chi connectivity index (χ2v) is 3.74. The van der Waals surface area contributed by atoms with Gasteiger partial charge in [-0.2, -0.15) is 28.8 Å². The third-order valence-electron chi connectivity index (χ3n) is 2.15. The number of carbonyl (C=O) groups is 1. The van der Waals surface area contributed by atoms with Crippen molar-refractivity contribution in [3.8, 4) is 12.1 Å². The van der Waals surface area contributed by atoms with Crippen LogP contribution < -0.4 is 10.7 Å². The Balaban J connectivity index is 3.21. The van der Waals surface area contributed by atoms with Gasteiger partial charge in [0.1, 0.15) is 12.1 Å². The topological polar surface area (TPSA) is 101 Å². The fourth-order valence-electron chi connectivity index (χ4n) is 1.35. The van der Waals surface area contributed by atoms with E-state index in [1.807, 2.05) is 5.43 Å². The number of nitrogens with zero attached hydrogens (tertiary/aromatic N) is 3. The molecule has 9 heteroatoms. The standard InChI is InChI=1S/C12H8F3N5O/c1-7(21)18-8-2-3-11(10(4-8)12(13,14)15)20-19-9(5-16)6-17/h2-4,20H,1H3,(H,18,21). The van der Waals surface area contributed by atoms with Gasteiger partial charge in [0.2, 0.25) is 11.6 Å². The first-order valence-electron chi connectivity index (χ1n) is 5.40. The summed E-state index contributed by atoms with van der Waals surface area (Å²) in [6, 6.07) is 5.79. The molecule has 1 rings (SSSR count). The van der Waals surface area contributed by atoms with E-state index in [-0.39, 0.29) is 5.69 Å². The van der Waals surface area contributed by atoms with Gasteiger partial charge in [0.05, 0.1) is 11.3 Å². The van der Waals surface area contributed by atoms with Crippen LogP contribution in [-0.4, -0.2) is 11.6 Å². The maximum atomic E-state index is 12.9. The van der Waals surface area contributed by atoms with Crippen molar-refractivity contribution < 1.29 is 18.0 Å². The van der Waals surface area contributed by atoms with Crippen molar-refractivity contribution in [3.63, 3.8) is 0 Å². The normalized spacial score (nSPS) is 10.0. The van der Waals surface area contributed by atoms with E-state index < -0.39 is 29.0 Å². The third-order valence-corrected chi connectivity index (χ3v) is 2.15. The van der Waals surface area contributed by atoms with Crippen LogP contribution in [0.25, 0.3) is 0 Å². The summed E-state index contributed by atoms with van der Waals surface area (Å²) in [5.74, 6) is -0.516. The molecule has 0 aromatic heterocycles. The van der Waals surface area contributed by atoms with Crippen LogP contribution >= 0.6 is 0 Å². The lowest BCUT2D eigenvalue weighted by atomic mass is 10.1. The second-order valence-electron chi connectivity index (χ2n) is 3.74. The first-order valence-corrected chi connectivity index (χ1v) is 5.40. The Labute approximate surface area is 117 Å². The predicted octanol–water partition coefficient (Wildman–Crippen LogP) is 2.48. The minimum Gasteiger partial charge on any atom is -0.326 e. The summed E-state index contributed by atoms with van der Waals surface area (Å²) >= 11 is 0. The van der Waals surface area contributed by atoms with E-state index in [4.69, 9.17) is 10.5 Å². The van der Waals surface area contributed by atoms with E-state index >= 15 is 0 Å². The molecule has 0 aliphatic carbocycles. The van der Waals surface area contributed by atoms with Gasteiger partial charge in [-0.1, -0.05) is 0 Å². The van der Waals surface area contributed by atoms with E-state index in [1.54, 1.807) is 0 Å². The number of carbonyl (C=O) groups excluding carboxylic acids is 1. The number of alkyl halides is 3. The number of hydrazone groups is 1. The molecule has 0 aliphatic heterocycles. The quantitative estimate of drug-likeness (QED) is 0.660. The number of halogens is 3. The van der Waals surface area contributed by atoms with E-state index in [9.17, 15) is 18.0 Å². The Bertz CT molecular complexity index is 651. The molecule has 1 aromatic carbocycles. The summed E-state index contributed by atoms with van der Waals surface area (Å²) in [5.41, 5.74) is -0.176. The molecule has 0 radical (unpaired) electrons. The maximum absolute atomic E-state index is 12.9. The second kappa shape index (κ2) is 6.39. The molecular formula is C12H8F3N5O. The number of nitrogens with one attached hydrogen (secondary N) is 2. The van der Waals surface area contributed by atoms with Gasteiger partial charge in [-0.25, -0.2) is 0 Å². The Kier molecular flexibility index (Phi) is 4.86. The van der Waals surface area contributed by atoms with E-state index in [0.717, 1.165) is 19.1 Å². The Morgan fingerprint density at radius 1 is 1.29 bits per heavy atom. The van der Waals surface area contributed by atoms with Gasteiger partial charge in [-0.15, -0.1) is 0 Å². The summed E-state index contributed by atoms with van der Waals surface area (Å²) < 4.78 is 38.8. The van der Waals surface area contributed by atoms with Gasteiger partial charge in [-0.05, 0) is 18.2 Å². The molecule has 0 heterocycles. The highest BCUT2D eigenvalue weighted by Crippen LogP contribution is 2.36. The number of amides is 1. The maximum Gasteiger partial charge on any atom is 0.418 e. The van der Waals surface area contributed by atoms with Crippen molar-refractivity contribution in [3.05, 3.63) is 23.8 Å². The van der Waals surface area contributed by atoms with Gasteiger partial charge in [-0.3, -0.25) is 10.2 Å². The molecule has 0 atom stereocenters. The van der Waals surface area contributed by atoms with Crippen LogP contribution in [0.2, 0.25) is 0 Å². The largest absolute Gasteiger partial charge is 0.418 e. The zero-order chi connectivity index (χ0) is 16.0. The Morgan fingerprint density at radius 3 is 2.38 bits per heavy atom. The molecular weight excluding hydrogens is 287 g/mol. The number of hydrogen-bond donors (Lipinski definition) is 2. The fraction of sp³-hybridized carbons (Fsp3) is 0.167. The van der Waals surface area contributed by atoms with Gasteiger partial charge in [0.15, 0.2) is 0 Å². The molecule has 0 saturated carbocycles. The molecule has 0 fully saturated rings. The third kappa shape index (κ3) is 4.51. The van der Waals surface area contributed by atoms with Gasteiger partial charge in [0.25, 0.3) is 0 Å². The van der Waals surface area contributed by atoms with Crippen LogP contribution in [0.1, 0.15) is 12.5 Å². The van der Waals surface area contributed by atoms with Crippen LogP contribution in [0.5, 0.6) is 0 Å². The number of benzene rings is 1. The minimum absolute atomic E-state index is 0.0369. The average Bonchev–Trinajstić information content (AvgIpc) is 2.39. The van der Waals surface area contributed by atoms with Gasteiger partial charge in [0, 0.05) is 12.6 Å². The number of anilines is 2. The van der Waals surface area contributed by atoms with Gasteiger partial charge >= 0.3 is 6.18 Å². The Hall–Kier alpha value is -3.07. The first kappa shape index (κ1) is 16.0. The number of hydrogen-bond acceptors (Lipinski definition) is 5. The summed E-state index contributed by atoms with van der Waals surface area (Å²) in [4.78, 5) is 10.8. The number of nitriles is 2. The summed E-state index contributed by atoms with van der Waals surface area (Å²) in [6.07, 6.45) is -4.70. The lowest BCUT2D eigenvalue weighted by Gasteiger charge is -2.14. The molecule has 2 N–H and O–H groups in total. The van der Waals surface area contributed by atoms with E-state index in [0.29, 0.717) is 0 Å².